The van der Waals surface area contributed by atoms with E-state index in [4.69, 9.17) is 28.6 Å². The fourth-order valence-corrected chi connectivity index (χ4v) is 6.55. The van der Waals surface area contributed by atoms with Crippen LogP contribution < -0.4 is 0 Å². The Hall–Kier alpha value is -0.120. The number of nitrogens with zero attached hydrogens (tertiary/aromatic N) is 1. The van der Waals surface area contributed by atoms with Crippen LogP contribution in [0.25, 0.3) is 0 Å². The van der Waals surface area contributed by atoms with Gasteiger partial charge in [0.2, 0.25) is 0 Å². The van der Waals surface area contributed by atoms with E-state index in [1.807, 2.05) is 13.8 Å². The molecule has 0 unspecified atom stereocenters. The quantitative estimate of drug-likeness (QED) is 0.286. The molecule has 2 fully saturated rings. The van der Waals surface area contributed by atoms with E-state index >= 15 is 0 Å². The molecule has 3 aliphatic rings. The minimum Gasteiger partial charge on any atom is -0.312 e. The maximum Gasteiger partial charge on any atom is 0.469 e. The molecule has 0 bridgehead atoms. The standard InChI is InChI=1S/C17H31NO9P2.C2H6/c1-12(2)15-11-16(7-3-13(4-8-16)26-28(20,21)22)18(19)17(15)9-5-14(6-10-17)27-29(23,24)25;1-2/h11-14,19H,3-10H2,1-2H3,(H2,20,21,22)(H2,23,24,25);1-2H3. The van der Waals surface area contributed by atoms with Crippen molar-refractivity contribution in [2.45, 2.75) is 102 Å². The molecule has 0 saturated heterocycles. The Kier molecular flexibility index (Phi) is 8.77. The van der Waals surface area contributed by atoms with E-state index in [1.54, 1.807) is 0 Å². The van der Waals surface area contributed by atoms with Crippen molar-refractivity contribution in [1.29, 1.82) is 0 Å². The summed E-state index contributed by atoms with van der Waals surface area (Å²) in [5, 5.41) is 12.7. The first-order valence-corrected chi connectivity index (χ1v) is 14.0. The van der Waals surface area contributed by atoms with Crippen molar-refractivity contribution >= 4 is 15.6 Å². The molecular weight excluding hydrogens is 448 g/mol. The van der Waals surface area contributed by atoms with E-state index in [-0.39, 0.29) is 5.92 Å². The highest BCUT2D eigenvalue weighted by molar-refractivity contribution is 7.46. The molecule has 10 nitrogen and oxygen atoms in total. The molecule has 0 atom stereocenters. The molecule has 0 amide bonds. The van der Waals surface area contributed by atoms with Gasteiger partial charge in [-0.2, -0.15) is 5.06 Å². The third-order valence-corrected chi connectivity index (χ3v) is 7.69. The minimum absolute atomic E-state index is 0.173. The summed E-state index contributed by atoms with van der Waals surface area (Å²) in [6, 6.07) is 0. The van der Waals surface area contributed by atoms with E-state index in [2.05, 4.69) is 19.9 Å². The molecule has 182 valence electrons. The summed E-state index contributed by atoms with van der Waals surface area (Å²) in [7, 11) is -9.10. The highest BCUT2D eigenvalue weighted by Gasteiger charge is 2.57. The molecule has 0 aromatic heterocycles. The van der Waals surface area contributed by atoms with Gasteiger partial charge in [-0.15, -0.1) is 0 Å². The van der Waals surface area contributed by atoms with Gasteiger partial charge in [0.1, 0.15) is 0 Å². The number of phosphoric acid groups is 2. The number of hydroxylamine groups is 2. The summed E-state index contributed by atoms with van der Waals surface area (Å²) >= 11 is 0. The molecule has 1 heterocycles. The van der Waals surface area contributed by atoms with E-state index in [0.29, 0.717) is 51.4 Å². The van der Waals surface area contributed by atoms with Gasteiger partial charge in [-0.25, -0.2) is 9.13 Å². The summed E-state index contributed by atoms with van der Waals surface area (Å²) < 4.78 is 32.0. The van der Waals surface area contributed by atoms with E-state index in [0.717, 1.165) is 5.57 Å². The molecule has 0 aromatic carbocycles. The van der Waals surface area contributed by atoms with Gasteiger partial charge in [0.05, 0.1) is 23.3 Å². The Bertz CT molecular complexity index is 729. The fraction of sp³-hybridized carbons (Fsp3) is 0.895. The number of hydrogen-bond acceptors (Lipinski definition) is 6. The summed E-state index contributed by atoms with van der Waals surface area (Å²) in [5.74, 6) is 0.173. The van der Waals surface area contributed by atoms with Crippen LogP contribution in [0, 0.1) is 5.92 Å². The van der Waals surface area contributed by atoms with Gasteiger partial charge in [0.15, 0.2) is 0 Å². The second-order valence-corrected chi connectivity index (χ2v) is 11.2. The summed E-state index contributed by atoms with van der Waals surface area (Å²) in [6.45, 7) is 8.11. The molecule has 0 aromatic rings. The number of hydrogen-bond donors (Lipinski definition) is 5. The first-order chi connectivity index (χ1) is 14.3. The largest absolute Gasteiger partial charge is 0.469 e. The first-order valence-electron chi connectivity index (χ1n) is 11.0. The molecule has 1 aliphatic heterocycles. The summed E-state index contributed by atoms with van der Waals surface area (Å²) in [6.07, 6.45) is 4.75. The molecule has 12 heteroatoms. The highest BCUT2D eigenvalue weighted by Crippen LogP contribution is 2.56. The Morgan fingerprint density at radius 2 is 1.29 bits per heavy atom. The monoisotopic (exact) mass is 485 g/mol. The highest BCUT2D eigenvalue weighted by atomic mass is 31.2. The van der Waals surface area contributed by atoms with Gasteiger partial charge in [-0.05, 0) is 62.9 Å². The number of rotatable bonds is 5. The third kappa shape index (κ3) is 6.27. The van der Waals surface area contributed by atoms with E-state index in [9.17, 15) is 14.3 Å². The van der Waals surface area contributed by atoms with Crippen LogP contribution in [0.4, 0.5) is 0 Å². The van der Waals surface area contributed by atoms with Crippen LogP contribution in [0.15, 0.2) is 11.6 Å². The van der Waals surface area contributed by atoms with Crippen LogP contribution in [0.1, 0.15) is 79.1 Å². The fourth-order valence-electron chi connectivity index (χ4n) is 5.35. The molecule has 0 radical (unpaired) electrons. The second-order valence-electron chi connectivity index (χ2n) is 8.79. The smallest absolute Gasteiger partial charge is 0.312 e. The lowest BCUT2D eigenvalue weighted by molar-refractivity contribution is -0.227. The molecule has 2 spiro atoms. The zero-order valence-electron chi connectivity index (χ0n) is 18.7. The zero-order valence-corrected chi connectivity index (χ0v) is 20.5. The lowest BCUT2D eigenvalue weighted by atomic mass is 9.73. The molecule has 2 aliphatic carbocycles. The van der Waals surface area contributed by atoms with Crippen molar-refractivity contribution in [1.82, 2.24) is 5.06 Å². The lowest BCUT2D eigenvalue weighted by Crippen LogP contribution is -2.57. The van der Waals surface area contributed by atoms with Crippen LogP contribution in [0.5, 0.6) is 0 Å². The summed E-state index contributed by atoms with van der Waals surface area (Å²) in [5.41, 5.74) is -0.130. The van der Waals surface area contributed by atoms with Crippen molar-refractivity contribution in [3.63, 3.8) is 0 Å². The van der Waals surface area contributed by atoms with Gasteiger partial charge >= 0.3 is 15.6 Å². The molecule has 31 heavy (non-hydrogen) atoms. The second kappa shape index (κ2) is 10.0. The third-order valence-electron chi connectivity index (χ3n) is 6.54. The molecular formula is C19H37NO9P2. The van der Waals surface area contributed by atoms with Gasteiger partial charge in [0, 0.05) is 0 Å². The lowest BCUT2D eigenvalue weighted by Gasteiger charge is -2.49. The van der Waals surface area contributed by atoms with Crippen LogP contribution >= 0.6 is 15.6 Å². The van der Waals surface area contributed by atoms with E-state index < -0.39 is 38.9 Å². The normalized spacial score (nSPS) is 34.7. The average molecular weight is 485 g/mol. The van der Waals surface area contributed by atoms with Crippen LogP contribution in [-0.2, 0) is 18.2 Å². The van der Waals surface area contributed by atoms with Crippen molar-refractivity contribution in [2.24, 2.45) is 5.92 Å². The van der Waals surface area contributed by atoms with E-state index in [1.165, 1.54) is 5.06 Å². The van der Waals surface area contributed by atoms with Gasteiger partial charge in [-0.1, -0.05) is 33.8 Å². The van der Waals surface area contributed by atoms with Crippen LogP contribution in [-0.4, -0.2) is 53.1 Å². The minimum atomic E-state index is -4.55. The molecule has 5 N–H and O–H groups in total. The SMILES string of the molecule is CC.CC(C)C1=CC2(CCC(OP(=O)(O)O)CC2)N(O)C12CCC(OP(=O)(O)O)CC2. The number of phosphoric ester groups is 2. The Balaban J connectivity index is 0.00000166. The van der Waals surface area contributed by atoms with Crippen molar-refractivity contribution in [3.8, 4) is 0 Å². The van der Waals surface area contributed by atoms with Crippen LogP contribution in [0.3, 0.4) is 0 Å². The van der Waals surface area contributed by atoms with Crippen molar-refractivity contribution < 1.29 is 43.0 Å². The predicted molar refractivity (Wildman–Crippen MR) is 114 cm³/mol. The zero-order chi connectivity index (χ0) is 23.7. The maximum absolute atomic E-state index is 11.3. The topological polar surface area (TPSA) is 157 Å². The van der Waals surface area contributed by atoms with Gasteiger partial charge < -0.3 is 24.8 Å². The molecule has 2 saturated carbocycles. The van der Waals surface area contributed by atoms with Crippen molar-refractivity contribution in [3.05, 3.63) is 11.6 Å². The molecule has 3 rings (SSSR count). The van der Waals surface area contributed by atoms with Crippen LogP contribution in [0.2, 0.25) is 0 Å². The summed E-state index contributed by atoms with van der Waals surface area (Å²) in [4.78, 5) is 36.2. The predicted octanol–water partition coefficient (Wildman–Crippen LogP) is 3.88. The first kappa shape index (κ1) is 27.1. The van der Waals surface area contributed by atoms with Gasteiger partial charge in [-0.3, -0.25) is 9.05 Å². The Morgan fingerprint density at radius 3 is 1.65 bits per heavy atom. The van der Waals surface area contributed by atoms with Gasteiger partial charge in [0.25, 0.3) is 0 Å². The Labute approximate surface area is 184 Å². The Morgan fingerprint density at radius 1 is 0.903 bits per heavy atom. The van der Waals surface area contributed by atoms with Crippen molar-refractivity contribution in [2.75, 3.05) is 0 Å². The maximum atomic E-state index is 11.3. The average Bonchev–Trinajstić information content (AvgIpc) is 2.89.